The summed E-state index contributed by atoms with van der Waals surface area (Å²) >= 11 is 6.07. The fourth-order valence-corrected chi connectivity index (χ4v) is 3.48. The van der Waals surface area contributed by atoms with Crippen molar-refractivity contribution in [3.8, 4) is 0 Å². The van der Waals surface area contributed by atoms with Gasteiger partial charge in [-0.25, -0.2) is 4.98 Å². The Morgan fingerprint density at radius 3 is 2.75 bits per heavy atom. The van der Waals surface area contributed by atoms with Gasteiger partial charge in [0.25, 0.3) is 5.91 Å². The van der Waals surface area contributed by atoms with E-state index in [9.17, 15) is 4.79 Å². The van der Waals surface area contributed by atoms with Gasteiger partial charge < -0.3 is 16.8 Å². The fourth-order valence-electron chi connectivity index (χ4n) is 3.31. The molecule has 0 unspecified atom stereocenters. The van der Waals surface area contributed by atoms with Gasteiger partial charge in [0, 0.05) is 41.5 Å². The number of allylic oxidation sites excluding steroid dienone is 2. The molecule has 0 aliphatic heterocycles. The van der Waals surface area contributed by atoms with Gasteiger partial charge in [0.2, 0.25) is 0 Å². The van der Waals surface area contributed by atoms with Crippen molar-refractivity contribution in [2.75, 3.05) is 11.5 Å². The molecular formula is C24H25ClN6O. The number of rotatable bonds is 7. The number of fused-ring (bicyclic) bond motifs is 1. The van der Waals surface area contributed by atoms with Gasteiger partial charge in [0.15, 0.2) is 0 Å². The molecule has 0 saturated carbocycles. The van der Waals surface area contributed by atoms with Crippen molar-refractivity contribution in [2.45, 2.75) is 26.8 Å². The van der Waals surface area contributed by atoms with Crippen LogP contribution in [0.5, 0.6) is 0 Å². The summed E-state index contributed by atoms with van der Waals surface area (Å²) in [6.45, 7) is 7.64. The molecule has 1 amide bonds. The first-order valence-corrected chi connectivity index (χ1v) is 10.4. The highest BCUT2D eigenvalue weighted by Crippen LogP contribution is 2.25. The minimum atomic E-state index is -0.223. The molecule has 0 fully saturated rings. The van der Waals surface area contributed by atoms with Crippen LogP contribution in [0.15, 0.2) is 64.9 Å². The van der Waals surface area contributed by atoms with E-state index in [0.29, 0.717) is 46.3 Å². The van der Waals surface area contributed by atoms with Crippen LogP contribution in [0.25, 0.3) is 10.9 Å². The van der Waals surface area contributed by atoms with Gasteiger partial charge in [0.1, 0.15) is 5.82 Å². The summed E-state index contributed by atoms with van der Waals surface area (Å²) in [5.74, 6) is 0.225. The van der Waals surface area contributed by atoms with E-state index in [1.807, 2.05) is 31.2 Å². The Kier molecular flexibility index (Phi) is 7.22. The Morgan fingerprint density at radius 2 is 2.06 bits per heavy atom. The van der Waals surface area contributed by atoms with Gasteiger partial charge in [0.05, 0.1) is 16.2 Å². The number of nitrogens with one attached hydrogen (secondary N) is 1. The van der Waals surface area contributed by atoms with Crippen LogP contribution in [-0.2, 0) is 17.8 Å². The topological polar surface area (TPSA) is 119 Å². The third kappa shape index (κ3) is 5.50. The molecule has 0 bridgehead atoms. The maximum absolute atomic E-state index is 12.7. The predicted octanol–water partition coefficient (Wildman–Crippen LogP) is 4.15. The molecule has 0 aliphatic carbocycles. The highest BCUT2D eigenvalue weighted by molar-refractivity contribution is 6.31. The molecule has 1 aromatic carbocycles. The van der Waals surface area contributed by atoms with Crippen molar-refractivity contribution in [3.05, 3.63) is 81.8 Å². The summed E-state index contributed by atoms with van der Waals surface area (Å²) in [6.07, 6.45) is 5.46. The number of pyridine rings is 2. The Hall–Kier alpha value is -3.71. The molecule has 0 aliphatic rings. The third-order valence-electron chi connectivity index (χ3n) is 4.98. The van der Waals surface area contributed by atoms with Crippen LogP contribution in [0.3, 0.4) is 0 Å². The number of hydrogen-bond donors (Lipinski definition) is 3. The quantitative estimate of drug-likeness (QED) is 0.217. The summed E-state index contributed by atoms with van der Waals surface area (Å²) in [5, 5.41) is 4.28. The molecule has 7 nitrogen and oxygen atoms in total. The first kappa shape index (κ1) is 23.0. The summed E-state index contributed by atoms with van der Waals surface area (Å²) in [6, 6.07) is 9.17. The van der Waals surface area contributed by atoms with E-state index in [-0.39, 0.29) is 5.91 Å². The monoisotopic (exact) mass is 448 g/mol. The zero-order chi connectivity index (χ0) is 23.3. The number of hydrogen-bond acceptors (Lipinski definition) is 6. The van der Waals surface area contributed by atoms with Gasteiger partial charge in [-0.05, 0) is 62.0 Å². The number of amides is 1. The van der Waals surface area contributed by atoms with E-state index in [1.165, 1.54) is 0 Å². The zero-order valence-corrected chi connectivity index (χ0v) is 18.8. The molecule has 164 valence electrons. The van der Waals surface area contributed by atoms with E-state index in [0.717, 1.165) is 22.2 Å². The lowest BCUT2D eigenvalue weighted by Crippen LogP contribution is -2.24. The number of nitrogen functional groups attached to an aromatic ring is 2. The average Bonchev–Trinajstić information content (AvgIpc) is 2.75. The van der Waals surface area contributed by atoms with Crippen molar-refractivity contribution in [1.82, 2.24) is 15.3 Å². The van der Waals surface area contributed by atoms with E-state index >= 15 is 0 Å². The first-order chi connectivity index (χ1) is 15.3. The summed E-state index contributed by atoms with van der Waals surface area (Å²) in [4.78, 5) is 25.3. The lowest BCUT2D eigenvalue weighted by atomic mass is 10.0. The molecule has 2 heterocycles. The molecule has 5 N–H and O–H groups in total. The van der Waals surface area contributed by atoms with Gasteiger partial charge in [-0.1, -0.05) is 23.7 Å². The van der Waals surface area contributed by atoms with Crippen LogP contribution >= 0.6 is 11.6 Å². The van der Waals surface area contributed by atoms with Crippen LogP contribution in [0.1, 0.15) is 23.7 Å². The molecule has 3 aromatic rings. The van der Waals surface area contributed by atoms with Crippen molar-refractivity contribution in [2.24, 2.45) is 4.99 Å². The van der Waals surface area contributed by atoms with Crippen LogP contribution < -0.4 is 16.8 Å². The van der Waals surface area contributed by atoms with Gasteiger partial charge >= 0.3 is 0 Å². The number of carbonyl (C=O) groups is 1. The second-order valence-corrected chi connectivity index (χ2v) is 7.72. The molecule has 0 spiro atoms. The van der Waals surface area contributed by atoms with Crippen molar-refractivity contribution < 1.29 is 4.79 Å². The predicted molar refractivity (Wildman–Crippen MR) is 131 cm³/mol. The maximum atomic E-state index is 12.7. The highest BCUT2D eigenvalue weighted by Gasteiger charge is 2.11. The maximum Gasteiger partial charge on any atom is 0.251 e. The molecule has 0 atom stereocenters. The van der Waals surface area contributed by atoms with E-state index in [1.54, 1.807) is 31.3 Å². The van der Waals surface area contributed by atoms with Crippen molar-refractivity contribution in [1.29, 1.82) is 0 Å². The molecule has 0 radical (unpaired) electrons. The van der Waals surface area contributed by atoms with E-state index < -0.39 is 0 Å². The van der Waals surface area contributed by atoms with Crippen LogP contribution in [0.4, 0.5) is 11.5 Å². The molecule has 32 heavy (non-hydrogen) atoms. The zero-order valence-electron chi connectivity index (χ0n) is 18.0. The number of nitrogens with zero attached hydrogens (tertiary/aromatic N) is 3. The third-order valence-corrected chi connectivity index (χ3v) is 5.19. The number of aryl methyl sites for hydroxylation is 1. The van der Waals surface area contributed by atoms with Gasteiger partial charge in [-0.15, -0.1) is 0 Å². The van der Waals surface area contributed by atoms with Crippen LogP contribution in [-0.4, -0.2) is 22.6 Å². The lowest BCUT2D eigenvalue weighted by molar-refractivity contribution is -0.117. The number of aliphatic imine (C=N–C) groups is 1. The fraction of sp³-hybridized carbons (Fsp3) is 0.167. The summed E-state index contributed by atoms with van der Waals surface area (Å²) < 4.78 is 0. The summed E-state index contributed by atoms with van der Waals surface area (Å²) in [5.41, 5.74) is 16.8. The minimum Gasteiger partial charge on any atom is -0.397 e. The molecule has 8 heteroatoms. The van der Waals surface area contributed by atoms with E-state index in [2.05, 4.69) is 27.0 Å². The molecular weight excluding hydrogens is 424 g/mol. The smallest absolute Gasteiger partial charge is 0.251 e. The molecule has 2 aromatic heterocycles. The Labute approximate surface area is 191 Å². The second-order valence-electron chi connectivity index (χ2n) is 7.29. The Morgan fingerprint density at radius 1 is 1.28 bits per heavy atom. The average molecular weight is 449 g/mol. The molecule has 3 rings (SSSR count). The SMILES string of the molecule is C=N/C(=C\C(=C/C)C(=O)NCc1ccc(N)nc1C)Cc1cc(N)c2ncc(Cl)cc2c1. The lowest BCUT2D eigenvalue weighted by Gasteiger charge is -2.10. The summed E-state index contributed by atoms with van der Waals surface area (Å²) in [7, 11) is 0. The number of anilines is 2. The normalized spacial score (nSPS) is 12.1. The van der Waals surface area contributed by atoms with E-state index in [4.69, 9.17) is 23.1 Å². The van der Waals surface area contributed by atoms with Crippen LogP contribution in [0.2, 0.25) is 5.02 Å². The Balaban J connectivity index is 1.77. The largest absolute Gasteiger partial charge is 0.397 e. The molecule has 0 saturated heterocycles. The van der Waals surface area contributed by atoms with Gasteiger partial charge in [-0.3, -0.25) is 14.8 Å². The first-order valence-electron chi connectivity index (χ1n) is 9.98. The standard InChI is InChI=1S/C24H25ClN6O/c1-4-16(24(32)30-12-17-5-6-22(27)31-14(17)2)11-20(28-3)8-15-7-18-10-19(25)13-29-23(18)21(26)9-15/h4-7,9-11,13H,3,8,12,26H2,1-2H3,(H2,27,31)(H,30,32)/b16-4+,20-11-. The number of benzene rings is 1. The van der Waals surface area contributed by atoms with Crippen molar-refractivity contribution >= 4 is 46.6 Å². The number of carbonyl (C=O) groups excluding carboxylic acids is 1. The Bertz CT molecular complexity index is 1250. The number of aromatic nitrogens is 2. The van der Waals surface area contributed by atoms with Crippen molar-refractivity contribution in [3.63, 3.8) is 0 Å². The minimum absolute atomic E-state index is 0.223. The second kappa shape index (κ2) is 10.1. The van der Waals surface area contributed by atoms with Crippen LogP contribution in [0, 0.1) is 6.92 Å². The van der Waals surface area contributed by atoms with Gasteiger partial charge in [-0.2, -0.15) is 0 Å². The number of halogens is 1. The number of nitrogens with two attached hydrogens (primary N) is 2. The highest BCUT2D eigenvalue weighted by atomic mass is 35.5.